The van der Waals surface area contributed by atoms with Crippen LogP contribution in [0.25, 0.3) is 0 Å². The molecule has 0 fully saturated rings. The van der Waals surface area contributed by atoms with Crippen molar-refractivity contribution < 1.29 is 13.2 Å². The SMILES string of the molecule is CCN(CC)CCNS(=O)(=O)c1ccc2c(c1)NC(=O)[C@H](C)S2. The van der Waals surface area contributed by atoms with Gasteiger partial charge in [0.2, 0.25) is 15.9 Å². The summed E-state index contributed by atoms with van der Waals surface area (Å²) in [6.07, 6.45) is 0. The van der Waals surface area contributed by atoms with Crippen molar-refractivity contribution in [1.29, 1.82) is 0 Å². The summed E-state index contributed by atoms with van der Waals surface area (Å²) in [7, 11) is -3.57. The van der Waals surface area contributed by atoms with Gasteiger partial charge in [-0.05, 0) is 38.2 Å². The molecule has 0 radical (unpaired) electrons. The van der Waals surface area contributed by atoms with Crippen LogP contribution in [0.3, 0.4) is 0 Å². The van der Waals surface area contributed by atoms with Crippen LogP contribution in [0.4, 0.5) is 5.69 Å². The molecule has 2 rings (SSSR count). The fraction of sp³-hybridized carbons (Fsp3) is 0.533. The standard InChI is InChI=1S/C15H23N3O3S2/c1-4-18(5-2)9-8-16-23(20,21)12-6-7-14-13(10-12)17-15(19)11(3)22-14/h6-7,10-11,16H,4-5,8-9H2,1-3H3,(H,17,19)/t11-/m0/s1. The smallest absolute Gasteiger partial charge is 0.240 e. The minimum atomic E-state index is -3.57. The fourth-order valence-electron chi connectivity index (χ4n) is 2.32. The highest BCUT2D eigenvalue weighted by Crippen LogP contribution is 2.36. The van der Waals surface area contributed by atoms with Crippen LogP contribution in [0, 0.1) is 0 Å². The molecule has 0 aromatic heterocycles. The predicted octanol–water partition coefficient (Wildman–Crippen LogP) is 1.74. The second-order valence-electron chi connectivity index (χ2n) is 5.33. The molecule has 8 heteroatoms. The number of nitrogens with one attached hydrogen (secondary N) is 2. The van der Waals surface area contributed by atoms with Gasteiger partial charge in [-0.2, -0.15) is 0 Å². The number of hydrogen-bond donors (Lipinski definition) is 2. The Balaban J connectivity index is 2.09. The van der Waals surface area contributed by atoms with Gasteiger partial charge in [0.05, 0.1) is 15.8 Å². The van der Waals surface area contributed by atoms with E-state index in [1.165, 1.54) is 17.8 Å². The van der Waals surface area contributed by atoms with Crippen molar-refractivity contribution in [2.75, 3.05) is 31.5 Å². The van der Waals surface area contributed by atoms with E-state index in [4.69, 9.17) is 0 Å². The summed E-state index contributed by atoms with van der Waals surface area (Å²) in [6, 6.07) is 4.84. The zero-order valence-electron chi connectivity index (χ0n) is 13.6. The first-order valence-corrected chi connectivity index (χ1v) is 10.1. The second kappa shape index (κ2) is 7.65. The van der Waals surface area contributed by atoms with Gasteiger partial charge >= 0.3 is 0 Å². The lowest BCUT2D eigenvalue weighted by Gasteiger charge is -2.22. The van der Waals surface area contributed by atoms with Gasteiger partial charge < -0.3 is 10.2 Å². The summed E-state index contributed by atoms with van der Waals surface area (Å²) < 4.78 is 27.4. The number of amides is 1. The quantitative estimate of drug-likeness (QED) is 0.777. The molecule has 1 aromatic carbocycles. The van der Waals surface area contributed by atoms with Gasteiger partial charge in [-0.15, -0.1) is 11.8 Å². The highest BCUT2D eigenvalue weighted by Gasteiger charge is 2.25. The van der Waals surface area contributed by atoms with Crippen LogP contribution >= 0.6 is 11.8 Å². The molecular weight excluding hydrogens is 334 g/mol. The molecular formula is C15H23N3O3S2. The van der Waals surface area contributed by atoms with Crippen LogP contribution < -0.4 is 10.0 Å². The van der Waals surface area contributed by atoms with Crippen molar-refractivity contribution in [3.8, 4) is 0 Å². The van der Waals surface area contributed by atoms with Gasteiger partial charge in [0.1, 0.15) is 0 Å². The van der Waals surface area contributed by atoms with E-state index in [9.17, 15) is 13.2 Å². The summed E-state index contributed by atoms with van der Waals surface area (Å²) in [4.78, 5) is 14.9. The Kier molecular flexibility index (Phi) is 6.07. The molecule has 0 saturated heterocycles. The molecule has 1 aliphatic heterocycles. The van der Waals surface area contributed by atoms with Crippen LogP contribution in [0.2, 0.25) is 0 Å². The van der Waals surface area contributed by atoms with Gasteiger partial charge in [0.25, 0.3) is 0 Å². The van der Waals surface area contributed by atoms with Crippen molar-refractivity contribution in [2.45, 2.75) is 35.8 Å². The largest absolute Gasteiger partial charge is 0.324 e. The number of nitrogens with zero attached hydrogens (tertiary/aromatic N) is 1. The van der Waals surface area contributed by atoms with Crippen LogP contribution in [0.1, 0.15) is 20.8 Å². The van der Waals surface area contributed by atoms with Crippen molar-refractivity contribution >= 4 is 33.4 Å². The molecule has 6 nitrogen and oxygen atoms in total. The number of rotatable bonds is 7. The zero-order valence-corrected chi connectivity index (χ0v) is 15.3. The molecule has 1 aromatic rings. The lowest BCUT2D eigenvalue weighted by atomic mass is 10.3. The molecule has 23 heavy (non-hydrogen) atoms. The molecule has 128 valence electrons. The highest BCUT2D eigenvalue weighted by atomic mass is 32.2. The summed E-state index contributed by atoms with van der Waals surface area (Å²) in [5, 5.41) is 2.59. The number of sulfonamides is 1. The Labute approximate surface area is 142 Å². The Morgan fingerprint density at radius 2 is 2.00 bits per heavy atom. The third-order valence-corrected chi connectivity index (χ3v) is 6.44. The van der Waals surface area contributed by atoms with Gasteiger partial charge in [0.15, 0.2) is 0 Å². The minimum Gasteiger partial charge on any atom is -0.324 e. The number of anilines is 1. The Hall–Kier alpha value is -1.09. The highest BCUT2D eigenvalue weighted by molar-refractivity contribution is 8.01. The summed E-state index contributed by atoms with van der Waals surface area (Å²) in [5.41, 5.74) is 0.560. The van der Waals surface area contributed by atoms with E-state index in [-0.39, 0.29) is 16.1 Å². The topological polar surface area (TPSA) is 78.5 Å². The van der Waals surface area contributed by atoms with Crippen LogP contribution in [0.5, 0.6) is 0 Å². The maximum atomic E-state index is 12.4. The first-order valence-electron chi connectivity index (χ1n) is 7.71. The number of hydrogen-bond acceptors (Lipinski definition) is 5. The second-order valence-corrected chi connectivity index (χ2v) is 8.48. The third kappa shape index (κ3) is 4.47. The van der Waals surface area contributed by atoms with E-state index in [2.05, 4.69) is 14.9 Å². The van der Waals surface area contributed by atoms with E-state index < -0.39 is 10.0 Å². The summed E-state index contributed by atoms with van der Waals surface area (Å²) in [5.74, 6) is -0.105. The Morgan fingerprint density at radius 1 is 1.30 bits per heavy atom. The van der Waals surface area contributed by atoms with Gasteiger partial charge in [-0.1, -0.05) is 13.8 Å². The number of likely N-dealkylation sites (N-methyl/N-ethyl adjacent to an activating group) is 1. The molecule has 0 aliphatic carbocycles. The van der Waals surface area contributed by atoms with E-state index in [1.54, 1.807) is 12.1 Å². The van der Waals surface area contributed by atoms with E-state index in [0.29, 0.717) is 18.8 Å². The van der Waals surface area contributed by atoms with E-state index in [0.717, 1.165) is 18.0 Å². The molecule has 0 saturated carbocycles. The average Bonchev–Trinajstić information content (AvgIpc) is 2.52. The number of carbonyl (C=O) groups is 1. The van der Waals surface area contributed by atoms with Crippen molar-refractivity contribution in [2.24, 2.45) is 0 Å². The molecule has 0 spiro atoms. The molecule has 1 heterocycles. The zero-order chi connectivity index (χ0) is 17.0. The lowest BCUT2D eigenvalue weighted by molar-refractivity contribution is -0.115. The lowest BCUT2D eigenvalue weighted by Crippen LogP contribution is -2.35. The van der Waals surface area contributed by atoms with Crippen LogP contribution in [-0.2, 0) is 14.8 Å². The molecule has 1 atom stereocenters. The maximum Gasteiger partial charge on any atom is 0.240 e. The third-order valence-electron chi connectivity index (χ3n) is 3.81. The van der Waals surface area contributed by atoms with Crippen molar-refractivity contribution in [3.05, 3.63) is 18.2 Å². The number of fused-ring (bicyclic) bond motifs is 1. The first-order chi connectivity index (χ1) is 10.9. The van der Waals surface area contributed by atoms with E-state index in [1.807, 2.05) is 20.8 Å². The normalized spacial score (nSPS) is 17.9. The number of thioether (sulfide) groups is 1. The Bertz CT molecular complexity index is 673. The summed E-state index contributed by atoms with van der Waals surface area (Å²) in [6.45, 7) is 8.71. The maximum absolute atomic E-state index is 12.4. The van der Waals surface area contributed by atoms with Crippen LogP contribution in [0.15, 0.2) is 28.0 Å². The molecule has 2 N–H and O–H groups in total. The van der Waals surface area contributed by atoms with Crippen molar-refractivity contribution in [1.82, 2.24) is 9.62 Å². The van der Waals surface area contributed by atoms with E-state index >= 15 is 0 Å². The van der Waals surface area contributed by atoms with Crippen LogP contribution in [-0.4, -0.2) is 50.7 Å². The fourth-order valence-corrected chi connectivity index (χ4v) is 4.29. The molecule has 0 unspecified atom stereocenters. The number of carbonyl (C=O) groups excluding carboxylic acids is 1. The number of benzene rings is 1. The predicted molar refractivity (Wildman–Crippen MR) is 93.4 cm³/mol. The monoisotopic (exact) mass is 357 g/mol. The summed E-state index contributed by atoms with van der Waals surface area (Å²) >= 11 is 1.43. The van der Waals surface area contributed by atoms with Crippen molar-refractivity contribution in [3.63, 3.8) is 0 Å². The van der Waals surface area contributed by atoms with Gasteiger partial charge in [-0.3, -0.25) is 4.79 Å². The van der Waals surface area contributed by atoms with Gasteiger partial charge in [-0.25, -0.2) is 13.1 Å². The molecule has 0 bridgehead atoms. The van der Waals surface area contributed by atoms with Gasteiger partial charge in [0, 0.05) is 18.0 Å². The molecule has 1 aliphatic rings. The Morgan fingerprint density at radius 3 is 2.65 bits per heavy atom. The minimum absolute atomic E-state index is 0.105. The average molecular weight is 358 g/mol. The first kappa shape index (κ1) is 18.3. The molecule has 1 amide bonds.